The van der Waals surface area contributed by atoms with Crippen molar-refractivity contribution in [2.24, 2.45) is 13.0 Å². The van der Waals surface area contributed by atoms with Crippen molar-refractivity contribution < 1.29 is 14.7 Å². The fourth-order valence-electron chi connectivity index (χ4n) is 3.48. The zero-order chi connectivity index (χ0) is 18.7. The van der Waals surface area contributed by atoms with E-state index in [0.717, 1.165) is 18.4 Å². The second-order valence-corrected chi connectivity index (χ2v) is 7.14. The Morgan fingerprint density at radius 3 is 2.85 bits per heavy atom. The van der Waals surface area contributed by atoms with E-state index in [1.165, 1.54) is 0 Å². The molecular weight excluding hydrogens is 354 g/mol. The van der Waals surface area contributed by atoms with E-state index in [9.17, 15) is 9.59 Å². The summed E-state index contributed by atoms with van der Waals surface area (Å²) in [7, 11) is 1.78. The third kappa shape index (κ3) is 4.07. The molecule has 2 aromatic rings. The topological polar surface area (TPSA) is 75.4 Å². The molecule has 1 atom stereocenters. The van der Waals surface area contributed by atoms with Gasteiger partial charge in [0.2, 0.25) is 0 Å². The van der Waals surface area contributed by atoms with Gasteiger partial charge in [0, 0.05) is 38.3 Å². The van der Waals surface area contributed by atoms with Crippen LogP contribution in [0.15, 0.2) is 30.5 Å². The van der Waals surface area contributed by atoms with Gasteiger partial charge in [-0.2, -0.15) is 5.10 Å². The lowest BCUT2D eigenvalue weighted by Crippen LogP contribution is -2.40. The molecule has 6 nitrogen and oxygen atoms in total. The number of piperidine rings is 1. The Morgan fingerprint density at radius 1 is 1.35 bits per heavy atom. The number of carbonyl (C=O) groups is 2. The predicted octanol–water partition coefficient (Wildman–Crippen LogP) is 3.46. The molecule has 1 aliphatic rings. The third-order valence-electron chi connectivity index (χ3n) is 4.76. The van der Waals surface area contributed by atoms with Crippen LogP contribution in [0, 0.1) is 5.92 Å². The molecule has 1 fully saturated rings. The summed E-state index contributed by atoms with van der Waals surface area (Å²) in [5.74, 6) is -0.640. The van der Waals surface area contributed by atoms with E-state index in [-0.39, 0.29) is 18.2 Å². The van der Waals surface area contributed by atoms with Gasteiger partial charge in [0.1, 0.15) is 5.69 Å². The highest BCUT2D eigenvalue weighted by molar-refractivity contribution is 6.33. The molecule has 26 heavy (non-hydrogen) atoms. The summed E-state index contributed by atoms with van der Waals surface area (Å²) in [5, 5.41) is 13.9. The predicted molar refractivity (Wildman–Crippen MR) is 99.2 cm³/mol. The number of rotatable bonds is 5. The van der Waals surface area contributed by atoms with Crippen LogP contribution >= 0.6 is 11.6 Å². The van der Waals surface area contributed by atoms with Gasteiger partial charge in [-0.15, -0.1) is 0 Å². The number of carboxylic acid groups (broad SMARTS) is 1. The van der Waals surface area contributed by atoms with Crippen LogP contribution in [0.4, 0.5) is 0 Å². The van der Waals surface area contributed by atoms with Gasteiger partial charge in [-0.3, -0.25) is 14.3 Å². The number of carboxylic acids is 1. The molecule has 0 spiro atoms. The maximum atomic E-state index is 13.1. The van der Waals surface area contributed by atoms with Crippen molar-refractivity contribution in [1.82, 2.24) is 14.7 Å². The van der Waals surface area contributed by atoms with Gasteiger partial charge in [-0.1, -0.05) is 29.8 Å². The lowest BCUT2D eigenvalue weighted by Gasteiger charge is -2.32. The maximum absolute atomic E-state index is 13.1. The minimum atomic E-state index is -0.790. The third-order valence-corrected chi connectivity index (χ3v) is 5.09. The summed E-state index contributed by atoms with van der Waals surface area (Å²) in [4.78, 5) is 25.7. The van der Waals surface area contributed by atoms with E-state index in [0.29, 0.717) is 35.8 Å². The Balaban J connectivity index is 1.82. The molecule has 2 heterocycles. The van der Waals surface area contributed by atoms with Gasteiger partial charge in [0.25, 0.3) is 5.91 Å². The van der Waals surface area contributed by atoms with Crippen molar-refractivity contribution >= 4 is 23.5 Å². The Hall–Kier alpha value is -2.34. The molecule has 0 saturated carbocycles. The second kappa shape index (κ2) is 7.91. The zero-order valence-electron chi connectivity index (χ0n) is 14.7. The molecule has 0 radical (unpaired) electrons. The lowest BCUT2D eigenvalue weighted by molar-refractivity contribution is -0.137. The van der Waals surface area contributed by atoms with Crippen molar-refractivity contribution in [3.05, 3.63) is 41.0 Å². The molecule has 1 unspecified atom stereocenters. The minimum Gasteiger partial charge on any atom is -0.481 e. The van der Waals surface area contributed by atoms with Crippen LogP contribution in [0.3, 0.4) is 0 Å². The van der Waals surface area contributed by atoms with E-state index < -0.39 is 5.97 Å². The fraction of sp³-hybridized carbons (Fsp3) is 0.421. The Labute approximate surface area is 157 Å². The number of amides is 1. The first-order valence-electron chi connectivity index (χ1n) is 8.75. The minimum absolute atomic E-state index is 0.0759. The number of hydrogen-bond donors (Lipinski definition) is 1. The number of likely N-dealkylation sites (tertiary alicyclic amines) is 1. The number of halogens is 1. The van der Waals surface area contributed by atoms with E-state index in [2.05, 4.69) is 5.10 Å². The van der Waals surface area contributed by atoms with Crippen LogP contribution in [-0.2, 0) is 11.8 Å². The van der Waals surface area contributed by atoms with Crippen LogP contribution in [0.2, 0.25) is 5.02 Å². The van der Waals surface area contributed by atoms with Gasteiger partial charge in [0.15, 0.2) is 0 Å². The average molecular weight is 376 g/mol. The molecule has 3 rings (SSSR count). The Morgan fingerprint density at radius 2 is 2.12 bits per heavy atom. The van der Waals surface area contributed by atoms with E-state index >= 15 is 0 Å². The van der Waals surface area contributed by atoms with Gasteiger partial charge >= 0.3 is 5.97 Å². The molecule has 1 N–H and O–H groups in total. The molecular formula is C19H22ClN3O3. The number of aryl methyl sites for hydroxylation is 1. The van der Waals surface area contributed by atoms with Gasteiger partial charge in [-0.05, 0) is 31.2 Å². The highest BCUT2D eigenvalue weighted by Crippen LogP contribution is 2.31. The highest BCUT2D eigenvalue weighted by atomic mass is 35.5. The lowest BCUT2D eigenvalue weighted by atomic mass is 9.93. The molecule has 7 heteroatoms. The first kappa shape index (κ1) is 18.5. The first-order chi connectivity index (χ1) is 12.5. The van der Waals surface area contributed by atoms with Gasteiger partial charge in [-0.25, -0.2) is 0 Å². The highest BCUT2D eigenvalue weighted by Gasteiger charge is 2.28. The van der Waals surface area contributed by atoms with Crippen molar-refractivity contribution in [2.75, 3.05) is 13.1 Å². The van der Waals surface area contributed by atoms with Crippen LogP contribution in [0.1, 0.15) is 36.0 Å². The Kier molecular flexibility index (Phi) is 5.61. The smallest absolute Gasteiger partial charge is 0.303 e. The standard InChI is InChI=1S/C19H22ClN3O3/c1-22-12-15(18(21-22)14-6-2-3-7-16(14)20)19(26)23-10-4-5-13(11-23)8-9-17(24)25/h2-3,6-7,12-13H,4-5,8-11H2,1H3,(H,24,25). The monoisotopic (exact) mass is 375 g/mol. The summed E-state index contributed by atoms with van der Waals surface area (Å²) in [6.45, 7) is 1.27. The number of aromatic nitrogens is 2. The summed E-state index contributed by atoms with van der Waals surface area (Å²) >= 11 is 6.29. The number of hydrogen-bond acceptors (Lipinski definition) is 3. The zero-order valence-corrected chi connectivity index (χ0v) is 15.4. The van der Waals surface area contributed by atoms with E-state index in [1.807, 2.05) is 23.1 Å². The Bertz CT molecular complexity index is 818. The SMILES string of the molecule is Cn1cc(C(=O)N2CCCC(CCC(=O)O)C2)c(-c2ccccc2Cl)n1. The average Bonchev–Trinajstić information content (AvgIpc) is 3.01. The maximum Gasteiger partial charge on any atom is 0.303 e. The van der Waals surface area contributed by atoms with Crippen molar-refractivity contribution in [1.29, 1.82) is 0 Å². The molecule has 1 aromatic carbocycles. The number of aliphatic carboxylic acids is 1. The molecule has 1 amide bonds. The molecule has 0 bridgehead atoms. The molecule has 138 valence electrons. The van der Waals surface area contributed by atoms with Crippen molar-refractivity contribution in [2.45, 2.75) is 25.7 Å². The summed E-state index contributed by atoms with van der Waals surface area (Å²) in [5.41, 5.74) is 1.84. The van der Waals surface area contributed by atoms with Crippen LogP contribution in [0.25, 0.3) is 11.3 Å². The van der Waals surface area contributed by atoms with Crippen molar-refractivity contribution in [3.8, 4) is 11.3 Å². The first-order valence-corrected chi connectivity index (χ1v) is 9.13. The van der Waals surface area contributed by atoms with E-state index in [1.54, 1.807) is 24.0 Å². The van der Waals surface area contributed by atoms with Crippen LogP contribution in [0.5, 0.6) is 0 Å². The largest absolute Gasteiger partial charge is 0.481 e. The van der Waals surface area contributed by atoms with Gasteiger partial charge in [0.05, 0.1) is 10.6 Å². The van der Waals surface area contributed by atoms with Crippen LogP contribution < -0.4 is 0 Å². The van der Waals surface area contributed by atoms with E-state index in [4.69, 9.17) is 16.7 Å². The molecule has 1 aliphatic heterocycles. The number of carbonyl (C=O) groups excluding carboxylic acids is 1. The second-order valence-electron chi connectivity index (χ2n) is 6.74. The van der Waals surface area contributed by atoms with Gasteiger partial charge < -0.3 is 10.0 Å². The van der Waals surface area contributed by atoms with Crippen molar-refractivity contribution in [3.63, 3.8) is 0 Å². The quantitative estimate of drug-likeness (QED) is 0.868. The molecule has 1 saturated heterocycles. The van der Waals surface area contributed by atoms with Crippen LogP contribution in [-0.4, -0.2) is 44.8 Å². The summed E-state index contributed by atoms with van der Waals surface area (Å²) in [6, 6.07) is 7.34. The molecule has 0 aliphatic carbocycles. The number of benzene rings is 1. The summed E-state index contributed by atoms with van der Waals surface area (Å²) in [6.07, 6.45) is 4.31. The number of nitrogens with zero attached hydrogens (tertiary/aromatic N) is 3. The fourth-order valence-corrected chi connectivity index (χ4v) is 3.71. The summed E-state index contributed by atoms with van der Waals surface area (Å²) < 4.78 is 1.62. The normalized spacial score (nSPS) is 17.3. The molecule has 1 aromatic heterocycles.